The van der Waals surface area contributed by atoms with Gasteiger partial charge in [0.2, 0.25) is 5.91 Å². The van der Waals surface area contributed by atoms with Gasteiger partial charge in [0.05, 0.1) is 0 Å². The van der Waals surface area contributed by atoms with Crippen LogP contribution in [0.15, 0.2) is 0 Å². The van der Waals surface area contributed by atoms with Gasteiger partial charge in [-0.1, -0.05) is 26.2 Å². The van der Waals surface area contributed by atoms with E-state index in [2.05, 4.69) is 28.2 Å². The lowest BCUT2D eigenvalue weighted by atomic mass is 9.95. The molecule has 0 aromatic rings. The number of piperidine rings is 1. The van der Waals surface area contributed by atoms with Crippen LogP contribution in [-0.2, 0) is 4.79 Å². The third kappa shape index (κ3) is 6.77. The van der Waals surface area contributed by atoms with Gasteiger partial charge in [0.25, 0.3) is 0 Å². The first kappa shape index (κ1) is 18.0. The Hall–Kier alpha value is -1.30. The van der Waals surface area contributed by atoms with Crippen LogP contribution in [0.3, 0.4) is 0 Å². The zero-order valence-electron chi connectivity index (χ0n) is 14.3. The molecule has 2 rings (SSSR count). The van der Waals surface area contributed by atoms with Crippen LogP contribution >= 0.6 is 0 Å². The maximum absolute atomic E-state index is 12.0. The molecule has 6 heteroatoms. The summed E-state index contributed by atoms with van der Waals surface area (Å²) in [6.45, 7) is 4.65. The summed E-state index contributed by atoms with van der Waals surface area (Å²) in [4.78, 5) is 23.7. The molecule has 2 fully saturated rings. The second-order valence-corrected chi connectivity index (χ2v) is 6.98. The fraction of sp³-hybridized carbons (Fsp3) is 0.882. The highest BCUT2D eigenvalue weighted by Gasteiger charge is 2.22. The minimum atomic E-state index is -0.0933. The van der Waals surface area contributed by atoms with Crippen LogP contribution in [-0.4, -0.2) is 43.7 Å². The highest BCUT2D eigenvalue weighted by atomic mass is 16.2. The van der Waals surface area contributed by atoms with E-state index in [9.17, 15) is 9.59 Å². The Morgan fingerprint density at radius 1 is 1.09 bits per heavy atom. The highest BCUT2D eigenvalue weighted by Crippen LogP contribution is 2.17. The zero-order chi connectivity index (χ0) is 16.5. The summed E-state index contributed by atoms with van der Waals surface area (Å²) in [5.74, 6) is 0.574. The van der Waals surface area contributed by atoms with Crippen LogP contribution in [0.25, 0.3) is 0 Å². The number of hydrogen-bond donors (Lipinski definition) is 4. The first-order chi connectivity index (χ1) is 11.1. The van der Waals surface area contributed by atoms with Crippen LogP contribution in [0.5, 0.6) is 0 Å². The molecule has 1 saturated carbocycles. The molecule has 4 N–H and O–H groups in total. The van der Waals surface area contributed by atoms with E-state index in [1.165, 1.54) is 19.3 Å². The maximum atomic E-state index is 12.0. The van der Waals surface area contributed by atoms with Crippen LogP contribution in [0.4, 0.5) is 4.79 Å². The topological polar surface area (TPSA) is 82.3 Å². The predicted octanol–water partition coefficient (Wildman–Crippen LogP) is 1.51. The summed E-state index contributed by atoms with van der Waals surface area (Å²) >= 11 is 0. The van der Waals surface area contributed by atoms with Crippen molar-refractivity contribution in [1.29, 1.82) is 0 Å². The van der Waals surface area contributed by atoms with Crippen molar-refractivity contribution in [2.75, 3.05) is 19.6 Å². The van der Waals surface area contributed by atoms with E-state index in [4.69, 9.17) is 0 Å². The number of urea groups is 1. The molecular formula is C17H32N4O2. The lowest BCUT2D eigenvalue weighted by Crippen LogP contribution is -2.48. The van der Waals surface area contributed by atoms with E-state index in [1.54, 1.807) is 0 Å². The third-order valence-electron chi connectivity index (χ3n) is 4.94. The van der Waals surface area contributed by atoms with E-state index in [-0.39, 0.29) is 18.0 Å². The number of nitrogens with one attached hydrogen (secondary N) is 4. The highest BCUT2D eigenvalue weighted by molar-refractivity contribution is 5.76. The monoisotopic (exact) mass is 324 g/mol. The van der Waals surface area contributed by atoms with Crippen molar-refractivity contribution in [1.82, 2.24) is 21.3 Å². The normalized spacial score (nSPS) is 25.6. The molecule has 0 aromatic carbocycles. The van der Waals surface area contributed by atoms with Gasteiger partial charge < -0.3 is 21.3 Å². The number of rotatable bonds is 6. The fourth-order valence-corrected chi connectivity index (χ4v) is 3.44. The molecule has 23 heavy (non-hydrogen) atoms. The van der Waals surface area contributed by atoms with Gasteiger partial charge >= 0.3 is 6.03 Å². The van der Waals surface area contributed by atoms with Gasteiger partial charge in [-0.3, -0.25) is 4.79 Å². The standard InChI is InChI=1S/C17H32N4O2/c1-13-12-18-11-9-15(13)21-16(22)8-5-10-19-17(23)20-14-6-3-2-4-7-14/h13-15,18H,2-12H2,1H3,(H,21,22)(H2,19,20,23). The Labute approximate surface area is 139 Å². The van der Waals surface area contributed by atoms with E-state index >= 15 is 0 Å². The number of carbonyl (C=O) groups is 2. The van der Waals surface area contributed by atoms with Crippen LogP contribution in [0.1, 0.15) is 58.3 Å². The maximum Gasteiger partial charge on any atom is 0.315 e. The molecule has 3 amide bonds. The summed E-state index contributed by atoms with van der Waals surface area (Å²) in [7, 11) is 0. The lowest BCUT2D eigenvalue weighted by Gasteiger charge is -2.30. The Kier molecular flexibility index (Phi) is 7.65. The number of carbonyl (C=O) groups excluding carboxylic acids is 2. The summed E-state index contributed by atoms with van der Waals surface area (Å²) in [6.07, 6.45) is 8.03. The average Bonchev–Trinajstić information content (AvgIpc) is 2.55. The molecule has 1 aliphatic carbocycles. The molecule has 1 heterocycles. The molecule has 2 aliphatic rings. The number of hydrogen-bond acceptors (Lipinski definition) is 3. The van der Waals surface area contributed by atoms with Gasteiger partial charge in [0.1, 0.15) is 0 Å². The SMILES string of the molecule is CC1CNCCC1NC(=O)CCCNC(=O)NC1CCCCC1. The second-order valence-electron chi connectivity index (χ2n) is 6.98. The average molecular weight is 324 g/mol. The first-order valence-corrected chi connectivity index (χ1v) is 9.19. The lowest BCUT2D eigenvalue weighted by molar-refractivity contribution is -0.122. The first-order valence-electron chi connectivity index (χ1n) is 9.19. The van der Waals surface area contributed by atoms with Gasteiger partial charge in [0.15, 0.2) is 0 Å². The van der Waals surface area contributed by atoms with Gasteiger partial charge in [-0.25, -0.2) is 4.79 Å². The molecule has 2 atom stereocenters. The third-order valence-corrected chi connectivity index (χ3v) is 4.94. The Morgan fingerprint density at radius 2 is 1.87 bits per heavy atom. The van der Waals surface area contributed by atoms with Gasteiger partial charge in [-0.05, 0) is 44.7 Å². The van der Waals surface area contributed by atoms with Crippen molar-refractivity contribution in [2.24, 2.45) is 5.92 Å². The van der Waals surface area contributed by atoms with E-state index < -0.39 is 0 Å². The predicted molar refractivity (Wildman–Crippen MR) is 91.2 cm³/mol. The Bertz CT molecular complexity index is 383. The molecule has 6 nitrogen and oxygen atoms in total. The van der Waals surface area contributed by atoms with Crippen LogP contribution in [0, 0.1) is 5.92 Å². The van der Waals surface area contributed by atoms with Crippen molar-refractivity contribution in [3.05, 3.63) is 0 Å². The molecular weight excluding hydrogens is 292 g/mol. The molecule has 1 saturated heterocycles. The van der Waals surface area contributed by atoms with Crippen LogP contribution < -0.4 is 21.3 Å². The summed E-state index contributed by atoms with van der Waals surface area (Å²) in [5.41, 5.74) is 0. The minimum absolute atomic E-state index is 0.0933. The Morgan fingerprint density at radius 3 is 2.61 bits per heavy atom. The molecule has 0 aromatic heterocycles. The molecule has 0 bridgehead atoms. The molecule has 0 spiro atoms. The quantitative estimate of drug-likeness (QED) is 0.559. The number of amides is 3. The Balaban J connectivity index is 1.52. The van der Waals surface area contributed by atoms with Crippen LogP contribution in [0.2, 0.25) is 0 Å². The van der Waals surface area contributed by atoms with E-state index in [0.717, 1.165) is 32.4 Å². The summed E-state index contributed by atoms with van der Waals surface area (Å²) in [5, 5.41) is 12.3. The van der Waals surface area contributed by atoms with Crippen molar-refractivity contribution in [2.45, 2.75) is 70.4 Å². The van der Waals surface area contributed by atoms with Gasteiger partial charge in [-0.2, -0.15) is 0 Å². The van der Waals surface area contributed by atoms with Gasteiger partial charge in [0, 0.05) is 25.0 Å². The van der Waals surface area contributed by atoms with Crippen molar-refractivity contribution >= 4 is 11.9 Å². The molecule has 132 valence electrons. The van der Waals surface area contributed by atoms with Gasteiger partial charge in [-0.15, -0.1) is 0 Å². The van der Waals surface area contributed by atoms with Crippen molar-refractivity contribution in [3.8, 4) is 0 Å². The summed E-state index contributed by atoms with van der Waals surface area (Å²) < 4.78 is 0. The second kappa shape index (κ2) is 9.75. The van der Waals surface area contributed by atoms with Crippen molar-refractivity contribution in [3.63, 3.8) is 0 Å². The van der Waals surface area contributed by atoms with E-state index in [1.807, 2.05) is 0 Å². The van der Waals surface area contributed by atoms with Crippen molar-refractivity contribution < 1.29 is 9.59 Å². The van der Waals surface area contributed by atoms with E-state index in [0.29, 0.717) is 31.3 Å². The molecule has 2 unspecified atom stereocenters. The largest absolute Gasteiger partial charge is 0.353 e. The molecule has 1 aliphatic heterocycles. The fourth-order valence-electron chi connectivity index (χ4n) is 3.44. The molecule has 0 radical (unpaired) electrons. The zero-order valence-corrected chi connectivity index (χ0v) is 14.3. The smallest absolute Gasteiger partial charge is 0.315 e. The minimum Gasteiger partial charge on any atom is -0.353 e. The summed E-state index contributed by atoms with van der Waals surface area (Å²) in [6, 6.07) is 0.518.